The number of amides is 1. The van der Waals surface area contributed by atoms with Crippen LogP contribution in [0.2, 0.25) is 0 Å². The molecule has 0 bridgehead atoms. The van der Waals surface area contributed by atoms with Gasteiger partial charge >= 0.3 is 0 Å². The number of aromatic nitrogens is 1. The van der Waals surface area contributed by atoms with Gasteiger partial charge in [-0.2, -0.15) is 0 Å². The SMILES string of the molecule is CCCC1CC1NC(=O)c1cc(C)nc(NC)c1. The van der Waals surface area contributed by atoms with Gasteiger partial charge in [0.15, 0.2) is 0 Å². The van der Waals surface area contributed by atoms with E-state index in [-0.39, 0.29) is 5.91 Å². The van der Waals surface area contributed by atoms with Gasteiger partial charge in [-0.05, 0) is 37.8 Å². The van der Waals surface area contributed by atoms with Crippen LogP contribution < -0.4 is 10.6 Å². The van der Waals surface area contributed by atoms with Crippen molar-refractivity contribution < 1.29 is 4.79 Å². The molecular formula is C14H21N3O. The summed E-state index contributed by atoms with van der Waals surface area (Å²) in [7, 11) is 1.81. The number of pyridine rings is 1. The van der Waals surface area contributed by atoms with Crippen molar-refractivity contribution in [3.8, 4) is 0 Å². The number of anilines is 1. The number of aryl methyl sites for hydroxylation is 1. The highest BCUT2D eigenvalue weighted by Crippen LogP contribution is 2.34. The normalized spacial score (nSPS) is 21.5. The van der Waals surface area contributed by atoms with E-state index >= 15 is 0 Å². The number of nitrogens with one attached hydrogen (secondary N) is 2. The maximum Gasteiger partial charge on any atom is 0.251 e. The molecule has 0 radical (unpaired) electrons. The Morgan fingerprint density at radius 1 is 1.50 bits per heavy atom. The predicted octanol–water partition coefficient (Wildman–Crippen LogP) is 2.35. The molecule has 18 heavy (non-hydrogen) atoms. The van der Waals surface area contributed by atoms with Crippen LogP contribution in [-0.2, 0) is 0 Å². The Morgan fingerprint density at radius 3 is 2.94 bits per heavy atom. The first-order chi connectivity index (χ1) is 8.63. The van der Waals surface area contributed by atoms with Crippen molar-refractivity contribution in [2.24, 2.45) is 5.92 Å². The molecule has 0 saturated heterocycles. The van der Waals surface area contributed by atoms with Gasteiger partial charge in [0, 0.05) is 24.3 Å². The Balaban J connectivity index is 1.99. The number of hydrogen-bond acceptors (Lipinski definition) is 3. The molecule has 1 aromatic heterocycles. The fraction of sp³-hybridized carbons (Fsp3) is 0.571. The Kier molecular flexibility index (Phi) is 3.84. The maximum atomic E-state index is 12.1. The number of rotatable bonds is 5. The summed E-state index contributed by atoms with van der Waals surface area (Å²) in [5.41, 5.74) is 1.54. The van der Waals surface area contributed by atoms with E-state index in [1.807, 2.05) is 20.0 Å². The highest BCUT2D eigenvalue weighted by molar-refractivity contribution is 5.95. The monoisotopic (exact) mass is 247 g/mol. The van der Waals surface area contributed by atoms with Gasteiger partial charge in [0.05, 0.1) is 0 Å². The van der Waals surface area contributed by atoms with Gasteiger partial charge in [0.1, 0.15) is 5.82 Å². The lowest BCUT2D eigenvalue weighted by atomic mass is 10.2. The van der Waals surface area contributed by atoms with Gasteiger partial charge < -0.3 is 10.6 Å². The van der Waals surface area contributed by atoms with Gasteiger partial charge in [-0.3, -0.25) is 4.79 Å². The van der Waals surface area contributed by atoms with E-state index in [1.165, 1.54) is 12.8 Å². The third-order valence-corrected chi connectivity index (χ3v) is 3.37. The Labute approximate surface area is 108 Å². The molecule has 1 heterocycles. The molecule has 2 N–H and O–H groups in total. The summed E-state index contributed by atoms with van der Waals surface area (Å²) in [6.07, 6.45) is 3.53. The van der Waals surface area contributed by atoms with E-state index in [4.69, 9.17) is 0 Å². The van der Waals surface area contributed by atoms with Crippen molar-refractivity contribution in [3.63, 3.8) is 0 Å². The van der Waals surface area contributed by atoms with Gasteiger partial charge in [-0.15, -0.1) is 0 Å². The van der Waals surface area contributed by atoms with Gasteiger partial charge in [-0.25, -0.2) is 4.98 Å². The van der Waals surface area contributed by atoms with Crippen molar-refractivity contribution in [2.45, 2.75) is 39.2 Å². The number of nitrogens with zero attached hydrogens (tertiary/aromatic N) is 1. The molecule has 1 aromatic rings. The van der Waals surface area contributed by atoms with E-state index < -0.39 is 0 Å². The second-order valence-corrected chi connectivity index (χ2v) is 5.00. The minimum Gasteiger partial charge on any atom is -0.373 e. The molecule has 0 spiro atoms. The highest BCUT2D eigenvalue weighted by atomic mass is 16.1. The van der Waals surface area contributed by atoms with Crippen LogP contribution in [-0.4, -0.2) is 24.0 Å². The van der Waals surface area contributed by atoms with Crippen LogP contribution in [0.4, 0.5) is 5.82 Å². The zero-order chi connectivity index (χ0) is 13.1. The topological polar surface area (TPSA) is 54.0 Å². The zero-order valence-corrected chi connectivity index (χ0v) is 11.3. The molecule has 1 saturated carbocycles. The molecule has 2 atom stereocenters. The van der Waals surface area contributed by atoms with Crippen LogP contribution in [0.3, 0.4) is 0 Å². The van der Waals surface area contributed by atoms with Crippen molar-refractivity contribution in [2.75, 3.05) is 12.4 Å². The summed E-state index contributed by atoms with van der Waals surface area (Å²) in [5.74, 6) is 1.44. The molecule has 4 heteroatoms. The molecule has 1 fully saturated rings. The molecule has 0 aliphatic heterocycles. The van der Waals surface area contributed by atoms with Crippen molar-refractivity contribution in [3.05, 3.63) is 23.4 Å². The second kappa shape index (κ2) is 5.38. The molecule has 0 aromatic carbocycles. The summed E-state index contributed by atoms with van der Waals surface area (Å²) < 4.78 is 0. The molecular weight excluding hydrogens is 226 g/mol. The van der Waals surface area contributed by atoms with E-state index in [0.717, 1.165) is 17.9 Å². The van der Waals surface area contributed by atoms with Crippen molar-refractivity contribution >= 4 is 11.7 Å². The molecule has 4 nitrogen and oxygen atoms in total. The van der Waals surface area contributed by atoms with Gasteiger partial charge in [-0.1, -0.05) is 13.3 Å². The summed E-state index contributed by atoms with van der Waals surface area (Å²) in [6.45, 7) is 4.08. The number of carbonyl (C=O) groups is 1. The van der Waals surface area contributed by atoms with Crippen LogP contribution in [0.15, 0.2) is 12.1 Å². The van der Waals surface area contributed by atoms with Crippen molar-refractivity contribution in [1.82, 2.24) is 10.3 Å². The molecule has 98 valence electrons. The first-order valence-electron chi connectivity index (χ1n) is 6.61. The fourth-order valence-corrected chi connectivity index (χ4v) is 2.29. The lowest BCUT2D eigenvalue weighted by Gasteiger charge is -2.07. The molecule has 1 amide bonds. The maximum absolute atomic E-state index is 12.1. The van der Waals surface area contributed by atoms with E-state index in [2.05, 4.69) is 22.5 Å². The first-order valence-corrected chi connectivity index (χ1v) is 6.61. The number of carbonyl (C=O) groups excluding carboxylic acids is 1. The third kappa shape index (κ3) is 3.00. The van der Waals surface area contributed by atoms with E-state index in [0.29, 0.717) is 17.5 Å². The predicted molar refractivity (Wildman–Crippen MR) is 72.8 cm³/mol. The summed E-state index contributed by atoms with van der Waals surface area (Å²) in [4.78, 5) is 16.4. The summed E-state index contributed by atoms with van der Waals surface area (Å²) in [5, 5.41) is 6.06. The van der Waals surface area contributed by atoms with Crippen LogP contribution in [0, 0.1) is 12.8 Å². The Bertz CT molecular complexity index is 445. The molecule has 2 rings (SSSR count). The number of hydrogen-bond donors (Lipinski definition) is 2. The summed E-state index contributed by atoms with van der Waals surface area (Å²) in [6, 6.07) is 4.00. The molecule has 2 unspecified atom stereocenters. The van der Waals surface area contributed by atoms with Crippen molar-refractivity contribution in [1.29, 1.82) is 0 Å². The molecule has 1 aliphatic carbocycles. The average Bonchev–Trinajstić information content (AvgIpc) is 3.07. The Morgan fingerprint density at radius 2 is 2.28 bits per heavy atom. The zero-order valence-electron chi connectivity index (χ0n) is 11.3. The standard InChI is InChI=1S/C14H21N3O/c1-4-5-10-7-12(10)17-14(18)11-6-9(2)16-13(8-11)15-3/h6,8,10,12H,4-5,7H2,1-3H3,(H,15,16)(H,17,18). The smallest absolute Gasteiger partial charge is 0.251 e. The van der Waals surface area contributed by atoms with Crippen LogP contribution in [0.5, 0.6) is 0 Å². The Hall–Kier alpha value is -1.58. The van der Waals surface area contributed by atoms with E-state index in [9.17, 15) is 4.79 Å². The van der Waals surface area contributed by atoms with Gasteiger partial charge in [0.25, 0.3) is 5.91 Å². The lowest BCUT2D eigenvalue weighted by Crippen LogP contribution is -2.27. The second-order valence-electron chi connectivity index (χ2n) is 5.00. The van der Waals surface area contributed by atoms with E-state index in [1.54, 1.807) is 6.07 Å². The van der Waals surface area contributed by atoms with Gasteiger partial charge in [0.2, 0.25) is 0 Å². The largest absolute Gasteiger partial charge is 0.373 e. The van der Waals surface area contributed by atoms with Crippen LogP contribution in [0.1, 0.15) is 42.2 Å². The quantitative estimate of drug-likeness (QED) is 0.839. The minimum atomic E-state index is 0.0144. The fourth-order valence-electron chi connectivity index (χ4n) is 2.29. The minimum absolute atomic E-state index is 0.0144. The lowest BCUT2D eigenvalue weighted by molar-refractivity contribution is 0.0948. The first kappa shape index (κ1) is 12.9. The van der Waals surface area contributed by atoms with Crippen LogP contribution >= 0.6 is 0 Å². The highest BCUT2D eigenvalue weighted by Gasteiger charge is 2.37. The third-order valence-electron chi connectivity index (χ3n) is 3.37. The average molecular weight is 247 g/mol. The van der Waals surface area contributed by atoms with Crippen LogP contribution in [0.25, 0.3) is 0 Å². The summed E-state index contributed by atoms with van der Waals surface area (Å²) >= 11 is 0. The molecule has 1 aliphatic rings.